The molecule has 0 unspecified atom stereocenters. The maximum atomic E-state index is 12.8. The molecule has 19 heavy (non-hydrogen) atoms. The van der Waals surface area contributed by atoms with Crippen molar-refractivity contribution in [1.29, 1.82) is 0 Å². The van der Waals surface area contributed by atoms with Crippen LogP contribution in [-0.2, 0) is 6.42 Å². The van der Waals surface area contributed by atoms with Crippen LogP contribution in [0.2, 0.25) is 0 Å². The fourth-order valence-electron chi connectivity index (χ4n) is 2.09. The lowest BCUT2D eigenvalue weighted by atomic mass is 10.1. The Morgan fingerprint density at radius 2 is 1.95 bits per heavy atom. The Balaban J connectivity index is 1.68. The van der Waals surface area contributed by atoms with E-state index < -0.39 is 0 Å². The number of hydrogen-bond donors (Lipinski definition) is 1. The van der Waals surface area contributed by atoms with E-state index in [1.807, 2.05) is 0 Å². The fourth-order valence-corrected chi connectivity index (χ4v) is 2.09. The summed E-state index contributed by atoms with van der Waals surface area (Å²) in [6.07, 6.45) is 0.551. The maximum absolute atomic E-state index is 12.8. The second kappa shape index (κ2) is 5.36. The van der Waals surface area contributed by atoms with Gasteiger partial charge >= 0.3 is 6.01 Å². The van der Waals surface area contributed by atoms with Gasteiger partial charge in [0.1, 0.15) is 5.82 Å². The van der Waals surface area contributed by atoms with Crippen LogP contribution in [0, 0.1) is 5.82 Å². The number of piperazine rings is 1. The Kier molecular flexibility index (Phi) is 3.41. The molecule has 0 radical (unpaired) electrons. The van der Waals surface area contributed by atoms with Gasteiger partial charge in [-0.15, -0.1) is 0 Å². The van der Waals surface area contributed by atoms with Crippen LogP contribution in [0.25, 0.3) is 0 Å². The molecule has 1 saturated heterocycles. The first-order valence-corrected chi connectivity index (χ1v) is 6.34. The molecule has 2 aromatic rings. The Hall–Kier alpha value is -1.95. The highest BCUT2D eigenvalue weighted by Gasteiger charge is 2.16. The smallest absolute Gasteiger partial charge is 0.322 e. The van der Waals surface area contributed by atoms with Crippen LogP contribution >= 0.6 is 0 Å². The third kappa shape index (κ3) is 2.90. The molecular formula is C13H15FN4O. The molecular weight excluding hydrogens is 247 g/mol. The Morgan fingerprint density at radius 3 is 2.68 bits per heavy atom. The lowest BCUT2D eigenvalue weighted by molar-refractivity contribution is 0.399. The van der Waals surface area contributed by atoms with Gasteiger partial charge in [0.05, 0.1) is 0 Å². The minimum Gasteiger partial charge on any atom is -0.322 e. The third-order valence-corrected chi connectivity index (χ3v) is 3.12. The summed E-state index contributed by atoms with van der Waals surface area (Å²) < 4.78 is 18.1. The zero-order chi connectivity index (χ0) is 13.1. The number of anilines is 1. The van der Waals surface area contributed by atoms with E-state index in [1.54, 1.807) is 12.1 Å². The second-order valence-corrected chi connectivity index (χ2v) is 4.53. The number of aromatic nitrogens is 2. The Bertz CT molecular complexity index is 534. The molecule has 1 fully saturated rings. The first-order chi connectivity index (χ1) is 9.31. The van der Waals surface area contributed by atoms with Gasteiger partial charge < -0.3 is 14.7 Å². The number of nitrogens with zero attached hydrogens (tertiary/aromatic N) is 3. The molecule has 2 heterocycles. The first-order valence-electron chi connectivity index (χ1n) is 6.34. The highest BCUT2D eigenvalue weighted by Crippen LogP contribution is 2.14. The molecule has 0 aliphatic carbocycles. The van der Waals surface area contributed by atoms with Crippen molar-refractivity contribution in [1.82, 2.24) is 15.5 Å². The van der Waals surface area contributed by atoms with Crippen molar-refractivity contribution in [2.45, 2.75) is 6.42 Å². The Labute approximate surface area is 110 Å². The van der Waals surface area contributed by atoms with Crippen molar-refractivity contribution in [2.24, 2.45) is 0 Å². The van der Waals surface area contributed by atoms with Crippen molar-refractivity contribution in [2.75, 3.05) is 31.1 Å². The topological polar surface area (TPSA) is 54.2 Å². The molecule has 1 N–H and O–H groups in total. The predicted octanol–water partition coefficient (Wildman–Crippen LogP) is 1.21. The predicted molar refractivity (Wildman–Crippen MR) is 68.6 cm³/mol. The lowest BCUT2D eigenvalue weighted by Crippen LogP contribution is -2.43. The van der Waals surface area contributed by atoms with Crippen molar-refractivity contribution in [3.05, 3.63) is 41.5 Å². The number of benzene rings is 1. The van der Waals surface area contributed by atoms with Crippen molar-refractivity contribution >= 4 is 6.01 Å². The van der Waals surface area contributed by atoms with Gasteiger partial charge in [0.15, 0.2) is 5.82 Å². The summed E-state index contributed by atoms with van der Waals surface area (Å²) in [6, 6.07) is 6.91. The van der Waals surface area contributed by atoms with E-state index in [9.17, 15) is 4.39 Å². The van der Waals surface area contributed by atoms with E-state index in [0.29, 0.717) is 18.3 Å². The van der Waals surface area contributed by atoms with E-state index >= 15 is 0 Å². The van der Waals surface area contributed by atoms with Gasteiger partial charge in [-0.1, -0.05) is 17.3 Å². The zero-order valence-electron chi connectivity index (χ0n) is 10.5. The van der Waals surface area contributed by atoms with Gasteiger partial charge in [0.25, 0.3) is 0 Å². The summed E-state index contributed by atoms with van der Waals surface area (Å²) in [5, 5.41) is 7.24. The van der Waals surface area contributed by atoms with E-state index in [4.69, 9.17) is 4.52 Å². The molecule has 5 nitrogen and oxygen atoms in total. The summed E-state index contributed by atoms with van der Waals surface area (Å²) >= 11 is 0. The average molecular weight is 262 g/mol. The number of halogens is 1. The minimum atomic E-state index is -0.238. The van der Waals surface area contributed by atoms with E-state index in [-0.39, 0.29) is 5.82 Å². The number of hydrogen-bond acceptors (Lipinski definition) is 5. The number of rotatable bonds is 3. The van der Waals surface area contributed by atoms with Crippen molar-refractivity contribution in [3.8, 4) is 0 Å². The van der Waals surface area contributed by atoms with E-state index in [1.165, 1.54) is 12.1 Å². The largest absolute Gasteiger partial charge is 0.324 e. The average Bonchev–Trinajstić information content (AvgIpc) is 2.91. The molecule has 1 aliphatic heterocycles. The molecule has 100 valence electrons. The van der Waals surface area contributed by atoms with E-state index in [0.717, 1.165) is 31.7 Å². The molecule has 6 heteroatoms. The summed E-state index contributed by atoms with van der Waals surface area (Å²) in [6.45, 7) is 3.60. The van der Waals surface area contributed by atoms with E-state index in [2.05, 4.69) is 20.4 Å². The normalized spacial score (nSPS) is 15.7. The molecule has 1 aliphatic rings. The number of nitrogens with one attached hydrogen (secondary N) is 1. The minimum absolute atomic E-state index is 0.238. The van der Waals surface area contributed by atoms with Crippen LogP contribution in [0.4, 0.5) is 10.4 Å². The maximum Gasteiger partial charge on any atom is 0.324 e. The summed E-state index contributed by atoms with van der Waals surface area (Å²) in [4.78, 5) is 6.45. The van der Waals surface area contributed by atoms with Crippen LogP contribution in [0.3, 0.4) is 0 Å². The second-order valence-electron chi connectivity index (χ2n) is 4.53. The monoisotopic (exact) mass is 262 g/mol. The summed E-state index contributed by atoms with van der Waals surface area (Å²) in [7, 11) is 0. The van der Waals surface area contributed by atoms with Gasteiger partial charge in [0.2, 0.25) is 0 Å². The molecule has 0 bridgehead atoms. The highest BCUT2D eigenvalue weighted by molar-refractivity contribution is 5.27. The fraction of sp³-hybridized carbons (Fsp3) is 0.385. The molecule has 1 aromatic heterocycles. The van der Waals surface area contributed by atoms with Gasteiger partial charge in [-0.3, -0.25) is 0 Å². The standard InChI is InChI=1S/C13H15FN4O/c14-11-3-1-10(2-4-11)9-12-16-13(19-17-12)18-7-5-15-6-8-18/h1-4,15H,5-9H2. The highest BCUT2D eigenvalue weighted by atomic mass is 19.1. The van der Waals surface area contributed by atoms with Gasteiger partial charge in [-0.25, -0.2) is 4.39 Å². The summed E-state index contributed by atoms with van der Waals surface area (Å²) in [5.41, 5.74) is 0.967. The van der Waals surface area contributed by atoms with Crippen LogP contribution in [0.5, 0.6) is 0 Å². The van der Waals surface area contributed by atoms with Crippen LogP contribution in [-0.4, -0.2) is 36.3 Å². The lowest BCUT2D eigenvalue weighted by Gasteiger charge is -2.24. The van der Waals surface area contributed by atoms with Gasteiger partial charge in [0, 0.05) is 32.6 Å². The molecule has 0 atom stereocenters. The molecule has 0 amide bonds. The quantitative estimate of drug-likeness (QED) is 0.901. The van der Waals surface area contributed by atoms with Crippen LogP contribution < -0.4 is 10.2 Å². The third-order valence-electron chi connectivity index (χ3n) is 3.12. The van der Waals surface area contributed by atoms with Crippen LogP contribution in [0.1, 0.15) is 11.4 Å². The van der Waals surface area contributed by atoms with Crippen molar-refractivity contribution in [3.63, 3.8) is 0 Å². The Morgan fingerprint density at radius 1 is 1.21 bits per heavy atom. The SMILES string of the molecule is Fc1ccc(Cc2noc(N3CCNCC3)n2)cc1. The zero-order valence-corrected chi connectivity index (χ0v) is 10.5. The van der Waals surface area contributed by atoms with Crippen molar-refractivity contribution < 1.29 is 8.91 Å². The van der Waals surface area contributed by atoms with Crippen LogP contribution in [0.15, 0.2) is 28.8 Å². The molecule has 3 rings (SSSR count). The van der Waals surface area contributed by atoms with Gasteiger partial charge in [-0.2, -0.15) is 4.98 Å². The molecule has 0 saturated carbocycles. The van der Waals surface area contributed by atoms with Gasteiger partial charge in [-0.05, 0) is 17.7 Å². The summed E-state index contributed by atoms with van der Waals surface area (Å²) in [5.74, 6) is 0.388. The first kappa shape index (κ1) is 12.1. The molecule has 0 spiro atoms. The molecule has 1 aromatic carbocycles.